The molecule has 1 aromatic carbocycles. The van der Waals surface area contributed by atoms with Gasteiger partial charge in [0.2, 0.25) is 0 Å². The lowest BCUT2D eigenvalue weighted by atomic mass is 10.2. The van der Waals surface area contributed by atoms with Crippen LogP contribution in [-0.4, -0.2) is 23.0 Å². The van der Waals surface area contributed by atoms with Crippen LogP contribution in [0.15, 0.2) is 23.6 Å². The van der Waals surface area contributed by atoms with E-state index in [0.29, 0.717) is 5.69 Å². The van der Waals surface area contributed by atoms with E-state index in [-0.39, 0.29) is 23.6 Å². The molecule has 0 fully saturated rings. The second-order valence-corrected chi connectivity index (χ2v) is 5.25. The van der Waals surface area contributed by atoms with Crippen LogP contribution in [-0.2, 0) is 17.8 Å². The Morgan fingerprint density at radius 2 is 2.23 bits per heavy atom. The first-order chi connectivity index (χ1) is 10.5. The van der Waals surface area contributed by atoms with Crippen molar-refractivity contribution in [2.24, 2.45) is 0 Å². The Morgan fingerprint density at radius 1 is 1.45 bits per heavy atom. The second kappa shape index (κ2) is 6.99. The minimum Gasteiger partial charge on any atom is -0.480 e. The Balaban J connectivity index is 2.19. The van der Waals surface area contributed by atoms with Crippen LogP contribution in [0.4, 0.5) is 5.69 Å². The van der Waals surface area contributed by atoms with Crippen molar-refractivity contribution in [2.45, 2.75) is 20.0 Å². The fourth-order valence-corrected chi connectivity index (χ4v) is 2.49. The van der Waals surface area contributed by atoms with E-state index < -0.39 is 10.9 Å². The molecule has 22 heavy (non-hydrogen) atoms. The lowest BCUT2D eigenvalue weighted by Crippen LogP contribution is -2.04. The molecule has 8 heteroatoms. The van der Waals surface area contributed by atoms with Crippen molar-refractivity contribution in [3.8, 4) is 5.75 Å². The van der Waals surface area contributed by atoms with Crippen molar-refractivity contribution in [3.63, 3.8) is 0 Å². The van der Waals surface area contributed by atoms with Gasteiger partial charge in [-0.1, -0.05) is 6.92 Å². The number of nitrogens with zero attached hydrogens (tertiary/aromatic N) is 2. The Labute approximate surface area is 130 Å². The number of hydrogen-bond acceptors (Lipinski definition) is 7. The summed E-state index contributed by atoms with van der Waals surface area (Å²) in [7, 11) is 1.21. The summed E-state index contributed by atoms with van der Waals surface area (Å²) < 4.78 is 10.0. The Hall–Kier alpha value is -2.48. The maximum atomic E-state index is 11.4. The molecule has 116 valence electrons. The van der Waals surface area contributed by atoms with Crippen LogP contribution >= 0.6 is 11.3 Å². The molecule has 0 unspecified atom stereocenters. The third-order valence-electron chi connectivity index (χ3n) is 2.85. The van der Waals surface area contributed by atoms with Crippen LogP contribution in [0.2, 0.25) is 0 Å². The summed E-state index contributed by atoms with van der Waals surface area (Å²) in [6, 6.07) is 3.95. The van der Waals surface area contributed by atoms with Gasteiger partial charge in [0.25, 0.3) is 0 Å². The number of nitro groups is 1. The molecule has 0 aliphatic rings. The fraction of sp³-hybridized carbons (Fsp3) is 0.286. The van der Waals surface area contributed by atoms with E-state index in [1.165, 1.54) is 30.6 Å². The van der Waals surface area contributed by atoms with E-state index in [0.717, 1.165) is 17.5 Å². The summed E-state index contributed by atoms with van der Waals surface area (Å²) in [5.74, 6) is -0.551. The Bertz CT molecular complexity index is 698. The molecule has 0 atom stereocenters. The minimum absolute atomic E-state index is 0.0868. The number of aromatic nitrogens is 1. The number of nitro benzene ring substituents is 1. The topological polar surface area (TPSA) is 91.6 Å². The quantitative estimate of drug-likeness (QED) is 0.461. The fourth-order valence-electron chi connectivity index (χ4n) is 1.76. The van der Waals surface area contributed by atoms with Crippen LogP contribution in [0.3, 0.4) is 0 Å². The Kier molecular flexibility index (Phi) is 5.05. The van der Waals surface area contributed by atoms with Gasteiger partial charge in [-0.05, 0) is 18.6 Å². The van der Waals surface area contributed by atoms with Gasteiger partial charge in [0.15, 0.2) is 5.75 Å². The first-order valence-electron chi connectivity index (χ1n) is 6.48. The predicted octanol–water partition coefficient (Wildman–Crippen LogP) is 2.98. The highest BCUT2D eigenvalue weighted by molar-refractivity contribution is 7.09. The van der Waals surface area contributed by atoms with Gasteiger partial charge in [-0.25, -0.2) is 9.78 Å². The molecule has 0 spiro atoms. The molecule has 0 saturated carbocycles. The molecule has 1 aromatic heterocycles. The average molecular weight is 322 g/mol. The average Bonchev–Trinajstić information content (AvgIpc) is 3.00. The van der Waals surface area contributed by atoms with Crippen molar-refractivity contribution in [2.75, 3.05) is 7.11 Å². The first-order valence-corrected chi connectivity index (χ1v) is 7.36. The molecule has 0 amide bonds. The van der Waals surface area contributed by atoms with Crippen molar-refractivity contribution in [3.05, 3.63) is 50.0 Å². The summed E-state index contributed by atoms with van der Waals surface area (Å²) in [6.45, 7) is 2.13. The van der Waals surface area contributed by atoms with Crippen molar-refractivity contribution < 1.29 is 19.2 Å². The van der Waals surface area contributed by atoms with Crippen LogP contribution < -0.4 is 4.74 Å². The van der Waals surface area contributed by atoms with E-state index in [1.807, 2.05) is 12.3 Å². The smallest absolute Gasteiger partial charge is 0.338 e. The van der Waals surface area contributed by atoms with Crippen LogP contribution in [0.1, 0.15) is 28.0 Å². The number of thiazole rings is 1. The van der Waals surface area contributed by atoms with Gasteiger partial charge in [0.05, 0.1) is 28.3 Å². The Morgan fingerprint density at radius 3 is 2.82 bits per heavy atom. The highest BCUT2D eigenvalue weighted by Crippen LogP contribution is 2.29. The molecule has 0 aliphatic carbocycles. The van der Waals surface area contributed by atoms with E-state index in [2.05, 4.69) is 9.72 Å². The number of carbonyl (C=O) groups excluding carboxylic acids is 1. The monoisotopic (exact) mass is 322 g/mol. The van der Waals surface area contributed by atoms with E-state index in [1.54, 1.807) is 0 Å². The summed E-state index contributed by atoms with van der Waals surface area (Å²) in [5, 5.41) is 13.9. The predicted molar refractivity (Wildman–Crippen MR) is 80.3 cm³/mol. The van der Waals surface area contributed by atoms with Gasteiger partial charge in [0.1, 0.15) is 6.61 Å². The van der Waals surface area contributed by atoms with Crippen molar-refractivity contribution >= 4 is 23.0 Å². The zero-order valence-corrected chi connectivity index (χ0v) is 12.9. The number of esters is 1. The summed E-state index contributed by atoms with van der Waals surface area (Å²) in [5.41, 5.74) is 0.533. The van der Waals surface area contributed by atoms with Gasteiger partial charge in [-0.15, -0.1) is 11.3 Å². The molecule has 0 aliphatic heterocycles. The molecule has 0 saturated heterocycles. The molecule has 7 nitrogen and oxygen atoms in total. The summed E-state index contributed by atoms with van der Waals surface area (Å²) in [4.78, 5) is 26.3. The maximum absolute atomic E-state index is 11.4. The van der Waals surface area contributed by atoms with Crippen LogP contribution in [0, 0.1) is 10.1 Å². The van der Waals surface area contributed by atoms with E-state index >= 15 is 0 Å². The number of methoxy groups -OCH3 is 1. The molecule has 1 heterocycles. The highest BCUT2D eigenvalue weighted by Gasteiger charge is 2.19. The van der Waals surface area contributed by atoms with Gasteiger partial charge >= 0.3 is 11.7 Å². The van der Waals surface area contributed by atoms with E-state index in [9.17, 15) is 14.9 Å². The molecular weight excluding hydrogens is 308 g/mol. The molecule has 0 N–H and O–H groups in total. The van der Waals surface area contributed by atoms with Crippen molar-refractivity contribution in [1.29, 1.82) is 0 Å². The largest absolute Gasteiger partial charge is 0.480 e. The molecule has 0 bridgehead atoms. The second-order valence-electron chi connectivity index (χ2n) is 4.31. The minimum atomic E-state index is -0.637. The zero-order chi connectivity index (χ0) is 16.1. The number of hydrogen-bond donors (Lipinski definition) is 0. The lowest BCUT2D eigenvalue weighted by Gasteiger charge is -2.06. The molecule has 2 aromatic rings. The van der Waals surface area contributed by atoms with Gasteiger partial charge in [-0.3, -0.25) is 10.1 Å². The highest BCUT2D eigenvalue weighted by atomic mass is 32.1. The zero-order valence-electron chi connectivity index (χ0n) is 12.1. The number of aryl methyl sites for hydroxylation is 1. The SMILES string of the molecule is CCc1nc(COc2ccc(C(=O)OC)cc2[N+](=O)[O-])cs1. The molecule has 2 rings (SSSR count). The maximum Gasteiger partial charge on any atom is 0.338 e. The third-order valence-corrected chi connectivity index (χ3v) is 3.90. The third kappa shape index (κ3) is 3.59. The first kappa shape index (κ1) is 15.9. The summed E-state index contributed by atoms with van der Waals surface area (Å²) >= 11 is 1.52. The molecule has 0 radical (unpaired) electrons. The normalized spacial score (nSPS) is 10.3. The number of rotatable bonds is 6. The van der Waals surface area contributed by atoms with Crippen LogP contribution in [0.5, 0.6) is 5.75 Å². The summed E-state index contributed by atoms with van der Waals surface area (Å²) in [6.07, 6.45) is 0.832. The van der Waals surface area contributed by atoms with Gasteiger partial charge < -0.3 is 9.47 Å². The van der Waals surface area contributed by atoms with E-state index in [4.69, 9.17) is 4.74 Å². The van der Waals surface area contributed by atoms with Crippen LogP contribution in [0.25, 0.3) is 0 Å². The molecular formula is C14H14N2O5S. The lowest BCUT2D eigenvalue weighted by molar-refractivity contribution is -0.386. The van der Waals surface area contributed by atoms with Crippen molar-refractivity contribution in [1.82, 2.24) is 4.98 Å². The standard InChI is InChI=1S/C14H14N2O5S/c1-3-13-15-10(8-22-13)7-21-12-5-4-9(14(17)20-2)6-11(12)16(18)19/h4-6,8H,3,7H2,1-2H3. The number of ether oxygens (including phenoxy) is 2. The number of carbonyl (C=O) groups is 1. The number of benzene rings is 1. The van der Waals surface area contributed by atoms with Gasteiger partial charge in [-0.2, -0.15) is 0 Å². The van der Waals surface area contributed by atoms with Gasteiger partial charge in [0, 0.05) is 11.4 Å².